The summed E-state index contributed by atoms with van der Waals surface area (Å²) in [5, 5.41) is 1.16. The van der Waals surface area contributed by atoms with Gasteiger partial charge in [-0.1, -0.05) is 17.7 Å². The lowest BCUT2D eigenvalue weighted by atomic mass is 10.2. The molecule has 1 aliphatic heterocycles. The van der Waals surface area contributed by atoms with E-state index in [1.54, 1.807) is 6.07 Å². The molecular weight excluding hydrogens is 380 g/mol. The summed E-state index contributed by atoms with van der Waals surface area (Å²) in [6, 6.07) is 5.98. The maximum Gasteiger partial charge on any atom is 0.428 e. The zero-order valence-electron chi connectivity index (χ0n) is 14.4. The van der Waals surface area contributed by atoms with E-state index in [-0.39, 0.29) is 47.3 Å². The average Bonchev–Trinajstić information content (AvgIpc) is 3.06. The minimum absolute atomic E-state index is 0.00394. The number of nitrogens with zero attached hydrogens (tertiary/aromatic N) is 3. The van der Waals surface area contributed by atoms with Crippen LogP contribution in [0.4, 0.5) is 4.79 Å². The molecule has 2 amide bonds. The van der Waals surface area contributed by atoms with Crippen LogP contribution in [-0.2, 0) is 4.74 Å². The maximum atomic E-state index is 12.6. The highest BCUT2D eigenvalue weighted by atomic mass is 35.5. The first kappa shape index (κ1) is 18.5. The summed E-state index contributed by atoms with van der Waals surface area (Å²) < 4.78 is 20.5. The number of rotatable bonds is 6. The molecule has 2 heterocycles. The fraction of sp³-hybridized carbons (Fsp3) is 0.250. The molecule has 1 saturated heterocycles. The second-order valence-electron chi connectivity index (χ2n) is 5.16. The van der Waals surface area contributed by atoms with Crippen molar-refractivity contribution in [1.29, 1.82) is 0 Å². The van der Waals surface area contributed by atoms with E-state index in [9.17, 15) is 9.59 Å². The van der Waals surface area contributed by atoms with Gasteiger partial charge in [0.25, 0.3) is 5.91 Å². The molecule has 142 valence electrons. The van der Waals surface area contributed by atoms with Gasteiger partial charge in [-0.2, -0.15) is 9.97 Å². The number of hydrogen-bond donors (Lipinski definition) is 1. The van der Waals surface area contributed by atoms with Gasteiger partial charge >= 0.3 is 12.1 Å². The van der Waals surface area contributed by atoms with Gasteiger partial charge in [-0.25, -0.2) is 9.80 Å². The summed E-state index contributed by atoms with van der Waals surface area (Å²) in [6.45, 7) is 0.407. The number of nitrogens with one attached hydrogen (secondary N) is 1. The number of cyclic esters (lactones) is 1. The molecule has 3 rings (SSSR count). The molecule has 0 atom stereocenters. The van der Waals surface area contributed by atoms with Crippen LogP contribution in [0.3, 0.4) is 0 Å². The molecule has 11 heteroatoms. The first-order valence-corrected chi connectivity index (χ1v) is 8.08. The standard InChI is InChI=1S/C16H15ClN4O6/c1-24-11-8-12(25-2)19-15(18-11)27-10-5-3-4-9(17)13(10)14(22)20-21-6-7-26-16(21)23/h3-5,8H,6-7H2,1-2H3,(H,20,22). The van der Waals surface area contributed by atoms with Gasteiger partial charge < -0.3 is 18.9 Å². The Bertz CT molecular complexity index is 856. The molecule has 0 bridgehead atoms. The van der Waals surface area contributed by atoms with E-state index < -0.39 is 12.0 Å². The molecule has 1 fully saturated rings. The van der Waals surface area contributed by atoms with Crippen molar-refractivity contribution in [2.24, 2.45) is 0 Å². The van der Waals surface area contributed by atoms with Crippen LogP contribution >= 0.6 is 11.6 Å². The Hall–Kier alpha value is -3.27. The average molecular weight is 395 g/mol. The summed E-state index contributed by atoms with van der Waals surface area (Å²) in [5.41, 5.74) is 2.43. The van der Waals surface area contributed by atoms with Gasteiger partial charge in [0.05, 0.1) is 31.9 Å². The second kappa shape index (κ2) is 7.96. The third-order valence-corrected chi connectivity index (χ3v) is 3.79. The molecule has 27 heavy (non-hydrogen) atoms. The van der Waals surface area contributed by atoms with Gasteiger partial charge in [-0.15, -0.1) is 0 Å². The number of hydrazine groups is 1. The molecule has 0 spiro atoms. The summed E-state index contributed by atoms with van der Waals surface area (Å²) >= 11 is 6.16. The van der Waals surface area contributed by atoms with Crippen molar-refractivity contribution in [3.05, 3.63) is 34.9 Å². The number of benzene rings is 1. The lowest BCUT2D eigenvalue weighted by Gasteiger charge is -2.16. The van der Waals surface area contributed by atoms with Crippen molar-refractivity contribution in [3.63, 3.8) is 0 Å². The molecule has 2 aromatic rings. The lowest BCUT2D eigenvalue weighted by molar-refractivity contribution is 0.0829. The highest BCUT2D eigenvalue weighted by Gasteiger charge is 2.27. The van der Waals surface area contributed by atoms with Crippen molar-refractivity contribution in [1.82, 2.24) is 20.4 Å². The molecule has 1 aliphatic rings. The monoisotopic (exact) mass is 394 g/mol. The predicted octanol–water partition coefficient (Wildman–Crippen LogP) is 2.04. The minimum atomic E-state index is -0.654. The van der Waals surface area contributed by atoms with Gasteiger partial charge in [0.15, 0.2) is 0 Å². The number of methoxy groups -OCH3 is 2. The quantitative estimate of drug-likeness (QED) is 0.792. The van der Waals surface area contributed by atoms with E-state index in [1.165, 1.54) is 32.4 Å². The van der Waals surface area contributed by atoms with Crippen LogP contribution in [-0.4, -0.2) is 54.3 Å². The number of carbonyl (C=O) groups excluding carboxylic acids is 2. The third kappa shape index (κ3) is 4.11. The van der Waals surface area contributed by atoms with E-state index in [4.69, 9.17) is 30.5 Å². The van der Waals surface area contributed by atoms with Crippen LogP contribution in [0, 0.1) is 0 Å². The topological polar surface area (TPSA) is 112 Å². The van der Waals surface area contributed by atoms with Crippen molar-refractivity contribution in [2.75, 3.05) is 27.4 Å². The zero-order valence-corrected chi connectivity index (χ0v) is 15.1. The van der Waals surface area contributed by atoms with Crippen molar-refractivity contribution in [2.45, 2.75) is 0 Å². The van der Waals surface area contributed by atoms with E-state index in [2.05, 4.69) is 15.4 Å². The van der Waals surface area contributed by atoms with Crippen LogP contribution in [0.15, 0.2) is 24.3 Å². The lowest BCUT2D eigenvalue weighted by Crippen LogP contribution is -2.42. The Balaban J connectivity index is 1.89. The number of halogens is 1. The largest absolute Gasteiger partial charge is 0.481 e. The molecule has 1 aromatic heterocycles. The maximum absolute atomic E-state index is 12.6. The van der Waals surface area contributed by atoms with Gasteiger partial charge in [0.1, 0.15) is 17.9 Å². The van der Waals surface area contributed by atoms with Gasteiger partial charge in [-0.3, -0.25) is 10.2 Å². The number of ether oxygens (including phenoxy) is 4. The molecule has 0 aliphatic carbocycles. The van der Waals surface area contributed by atoms with Crippen LogP contribution in [0.2, 0.25) is 5.02 Å². The minimum Gasteiger partial charge on any atom is -0.481 e. The number of hydrogen-bond acceptors (Lipinski definition) is 8. The second-order valence-corrected chi connectivity index (χ2v) is 5.56. The molecule has 1 N–H and O–H groups in total. The van der Waals surface area contributed by atoms with Crippen molar-refractivity contribution >= 4 is 23.6 Å². The fourth-order valence-electron chi connectivity index (χ4n) is 2.22. The zero-order chi connectivity index (χ0) is 19.4. The summed E-state index contributed by atoms with van der Waals surface area (Å²) in [5.74, 6) is -0.137. The van der Waals surface area contributed by atoms with Gasteiger partial charge in [0, 0.05) is 0 Å². The van der Waals surface area contributed by atoms with Crippen molar-refractivity contribution < 1.29 is 28.5 Å². The van der Waals surface area contributed by atoms with E-state index in [0.29, 0.717) is 0 Å². The normalized spacial score (nSPS) is 13.1. The van der Waals surface area contributed by atoms with Crippen LogP contribution < -0.4 is 19.6 Å². The first-order valence-electron chi connectivity index (χ1n) is 7.70. The highest BCUT2D eigenvalue weighted by Crippen LogP contribution is 2.31. The van der Waals surface area contributed by atoms with E-state index in [1.807, 2.05) is 0 Å². The van der Waals surface area contributed by atoms with Crippen LogP contribution in [0.1, 0.15) is 10.4 Å². The number of aromatic nitrogens is 2. The van der Waals surface area contributed by atoms with Crippen LogP contribution in [0.25, 0.3) is 0 Å². The molecule has 0 saturated carbocycles. The summed E-state index contributed by atoms with van der Waals surface area (Å²) in [6.07, 6.45) is -0.654. The molecule has 10 nitrogen and oxygen atoms in total. The molecular formula is C16H15ClN4O6. The smallest absolute Gasteiger partial charge is 0.428 e. The Morgan fingerprint density at radius 1 is 1.26 bits per heavy atom. The molecule has 1 aromatic carbocycles. The first-order chi connectivity index (χ1) is 13.0. The third-order valence-electron chi connectivity index (χ3n) is 3.48. The van der Waals surface area contributed by atoms with Crippen molar-refractivity contribution in [3.8, 4) is 23.5 Å². The predicted molar refractivity (Wildman–Crippen MR) is 92.2 cm³/mol. The molecule has 0 unspecified atom stereocenters. The number of carbonyl (C=O) groups is 2. The van der Waals surface area contributed by atoms with Crippen LogP contribution in [0.5, 0.6) is 23.5 Å². The van der Waals surface area contributed by atoms with E-state index >= 15 is 0 Å². The Morgan fingerprint density at radius 2 is 1.96 bits per heavy atom. The number of amides is 2. The Kier molecular flexibility index (Phi) is 5.46. The van der Waals surface area contributed by atoms with Gasteiger partial charge in [-0.05, 0) is 12.1 Å². The Labute approximate surface area is 158 Å². The summed E-state index contributed by atoms with van der Waals surface area (Å²) in [4.78, 5) is 32.2. The SMILES string of the molecule is COc1cc(OC)nc(Oc2cccc(Cl)c2C(=O)NN2CCOC2=O)n1. The van der Waals surface area contributed by atoms with E-state index in [0.717, 1.165) is 5.01 Å². The summed E-state index contributed by atoms with van der Waals surface area (Å²) in [7, 11) is 2.86. The highest BCUT2D eigenvalue weighted by molar-refractivity contribution is 6.34. The Morgan fingerprint density at radius 3 is 2.56 bits per heavy atom. The molecule has 0 radical (unpaired) electrons. The van der Waals surface area contributed by atoms with Gasteiger partial charge in [0.2, 0.25) is 11.8 Å². The fourth-order valence-corrected chi connectivity index (χ4v) is 2.47.